The Balaban J connectivity index is 1.85. The van der Waals surface area contributed by atoms with Crippen molar-refractivity contribution >= 4 is 50.6 Å². The smallest absolute Gasteiger partial charge is 0.269 e. The first-order chi connectivity index (χ1) is 16.0. The van der Waals surface area contributed by atoms with Crippen molar-refractivity contribution in [3.05, 3.63) is 74.3 Å². The number of Topliss-reactive ketones (excluding diaryl/α,β-unsaturated/α-hetero) is 1. The third kappa shape index (κ3) is 7.00. The predicted octanol–water partition coefficient (Wildman–Crippen LogP) is 3.52. The Morgan fingerprint density at radius 3 is 2.32 bits per heavy atom. The standard InChI is InChI=1S/C21H21Cl2N3O7S/c1-3-13(2)21(28)16-8-9-17(20(23)19(16)22)33-12-18(27)24-10-11-25-34(31,32)15-6-4-14(5-7-15)26(29)30/h4-9,25H,2-3,10-12H2,1H3,(H,24,27). The van der Waals surface area contributed by atoms with Crippen LogP contribution in [0.1, 0.15) is 23.7 Å². The number of ketones is 1. The molecule has 0 atom stereocenters. The van der Waals surface area contributed by atoms with Crippen molar-refractivity contribution in [2.24, 2.45) is 0 Å². The van der Waals surface area contributed by atoms with E-state index in [2.05, 4.69) is 16.6 Å². The van der Waals surface area contributed by atoms with Crippen LogP contribution in [0.15, 0.2) is 53.4 Å². The molecule has 0 aliphatic rings. The molecule has 0 spiro atoms. The average molecular weight is 530 g/mol. The predicted molar refractivity (Wildman–Crippen MR) is 127 cm³/mol. The van der Waals surface area contributed by atoms with Crippen LogP contribution in [0, 0.1) is 10.1 Å². The quantitative estimate of drug-likeness (QED) is 0.140. The van der Waals surface area contributed by atoms with Crippen molar-refractivity contribution in [3.8, 4) is 5.75 Å². The number of carbonyl (C=O) groups excluding carboxylic acids is 2. The number of nitro groups is 1. The van der Waals surface area contributed by atoms with Gasteiger partial charge in [0.2, 0.25) is 10.0 Å². The van der Waals surface area contributed by atoms with Crippen molar-refractivity contribution in [1.29, 1.82) is 0 Å². The van der Waals surface area contributed by atoms with E-state index in [1.807, 2.05) is 0 Å². The Bertz CT molecular complexity index is 1220. The first-order valence-electron chi connectivity index (χ1n) is 9.82. The molecule has 2 aromatic carbocycles. The molecule has 0 heterocycles. The number of amides is 1. The zero-order valence-electron chi connectivity index (χ0n) is 18.0. The van der Waals surface area contributed by atoms with Crippen molar-refractivity contribution in [3.63, 3.8) is 0 Å². The summed E-state index contributed by atoms with van der Waals surface area (Å²) in [6.45, 7) is 4.86. The van der Waals surface area contributed by atoms with Crippen LogP contribution >= 0.6 is 23.2 Å². The molecular weight excluding hydrogens is 509 g/mol. The summed E-state index contributed by atoms with van der Waals surface area (Å²) in [5, 5.41) is 13.1. The molecular formula is C21H21Cl2N3O7S. The molecule has 13 heteroatoms. The minimum absolute atomic E-state index is 0.0141. The molecule has 0 bridgehead atoms. The normalized spacial score (nSPS) is 11.0. The van der Waals surface area contributed by atoms with Gasteiger partial charge in [-0.05, 0) is 36.3 Å². The van der Waals surface area contributed by atoms with Crippen LogP contribution < -0.4 is 14.8 Å². The largest absolute Gasteiger partial charge is 0.482 e. The second kappa shape index (κ2) is 11.9. The molecule has 182 valence electrons. The highest BCUT2D eigenvalue weighted by atomic mass is 35.5. The second-order valence-corrected chi connectivity index (χ2v) is 9.34. The van der Waals surface area contributed by atoms with Gasteiger partial charge in [-0.2, -0.15) is 0 Å². The number of carbonyl (C=O) groups is 2. The molecule has 2 N–H and O–H groups in total. The van der Waals surface area contributed by atoms with Gasteiger partial charge in [0.05, 0.1) is 14.8 Å². The molecule has 0 saturated carbocycles. The number of sulfonamides is 1. The second-order valence-electron chi connectivity index (χ2n) is 6.81. The molecule has 0 aliphatic heterocycles. The number of non-ortho nitro benzene ring substituents is 1. The summed E-state index contributed by atoms with van der Waals surface area (Å²) in [6, 6.07) is 7.21. The number of benzene rings is 2. The highest BCUT2D eigenvalue weighted by Crippen LogP contribution is 2.35. The van der Waals surface area contributed by atoms with Crippen LogP contribution in [-0.4, -0.2) is 44.7 Å². The number of hydrogen-bond acceptors (Lipinski definition) is 7. The van der Waals surface area contributed by atoms with Crippen LogP contribution in [0.25, 0.3) is 0 Å². The lowest BCUT2D eigenvalue weighted by atomic mass is 10.0. The molecule has 0 aliphatic carbocycles. The molecule has 2 rings (SSSR count). The molecule has 0 saturated heterocycles. The molecule has 10 nitrogen and oxygen atoms in total. The molecule has 0 fully saturated rings. The van der Waals surface area contributed by atoms with Crippen molar-refractivity contribution in [2.75, 3.05) is 19.7 Å². The number of nitrogens with one attached hydrogen (secondary N) is 2. The van der Waals surface area contributed by atoms with E-state index in [0.29, 0.717) is 12.0 Å². The number of hydrogen-bond donors (Lipinski definition) is 2. The SMILES string of the molecule is C=C(CC)C(=O)c1ccc(OCC(=O)NCCNS(=O)(=O)c2ccc([N+](=O)[O-])cc2)c(Cl)c1Cl. The Morgan fingerprint density at radius 1 is 1.09 bits per heavy atom. The highest BCUT2D eigenvalue weighted by Gasteiger charge is 2.19. The zero-order chi connectivity index (χ0) is 25.5. The number of halogens is 2. The Morgan fingerprint density at radius 2 is 1.74 bits per heavy atom. The summed E-state index contributed by atoms with van der Waals surface area (Å²) >= 11 is 12.3. The van der Waals surface area contributed by atoms with Gasteiger partial charge < -0.3 is 10.1 Å². The van der Waals surface area contributed by atoms with E-state index in [0.717, 1.165) is 24.3 Å². The summed E-state index contributed by atoms with van der Waals surface area (Å²) in [5.41, 5.74) is 0.311. The van der Waals surface area contributed by atoms with Gasteiger partial charge in [0.1, 0.15) is 10.8 Å². The molecule has 34 heavy (non-hydrogen) atoms. The summed E-state index contributed by atoms with van der Waals surface area (Å²) in [6.07, 6.45) is 0.454. The van der Waals surface area contributed by atoms with Crippen molar-refractivity contribution < 1.29 is 27.7 Å². The number of allylic oxidation sites excluding steroid dienone is 1. The fourth-order valence-corrected chi connectivity index (χ4v) is 4.07. The maximum Gasteiger partial charge on any atom is 0.269 e. The van der Waals surface area contributed by atoms with E-state index < -0.39 is 27.5 Å². The average Bonchev–Trinajstić information content (AvgIpc) is 2.81. The third-order valence-electron chi connectivity index (χ3n) is 4.50. The Hall–Kier alpha value is -2.99. The minimum Gasteiger partial charge on any atom is -0.482 e. The minimum atomic E-state index is -3.91. The van der Waals surface area contributed by atoms with E-state index in [-0.39, 0.29) is 50.8 Å². The van der Waals surface area contributed by atoms with E-state index in [1.165, 1.54) is 12.1 Å². The molecule has 1 amide bonds. The topological polar surface area (TPSA) is 145 Å². The zero-order valence-corrected chi connectivity index (χ0v) is 20.3. The summed E-state index contributed by atoms with van der Waals surface area (Å²) in [5.74, 6) is -0.796. The third-order valence-corrected chi connectivity index (χ3v) is 6.84. The number of nitrogens with zero attached hydrogens (tertiary/aromatic N) is 1. The van der Waals surface area contributed by atoms with Gasteiger partial charge in [-0.1, -0.05) is 36.7 Å². The Kier molecular flexibility index (Phi) is 9.56. The maximum absolute atomic E-state index is 12.3. The monoisotopic (exact) mass is 529 g/mol. The lowest BCUT2D eigenvalue weighted by molar-refractivity contribution is -0.384. The van der Waals surface area contributed by atoms with E-state index in [4.69, 9.17) is 27.9 Å². The number of ether oxygens (including phenoxy) is 1. The molecule has 0 radical (unpaired) electrons. The highest BCUT2D eigenvalue weighted by molar-refractivity contribution is 7.89. The lowest BCUT2D eigenvalue weighted by Crippen LogP contribution is -2.36. The van der Waals surface area contributed by atoms with E-state index >= 15 is 0 Å². The van der Waals surface area contributed by atoms with Crippen molar-refractivity contribution in [2.45, 2.75) is 18.2 Å². The van der Waals surface area contributed by atoms with Gasteiger partial charge in [0, 0.05) is 30.8 Å². The van der Waals surface area contributed by atoms with Gasteiger partial charge >= 0.3 is 0 Å². The van der Waals surface area contributed by atoms with Crippen LogP contribution in [-0.2, 0) is 14.8 Å². The number of nitro benzene ring substituents is 1. The summed E-state index contributed by atoms with van der Waals surface area (Å²) in [7, 11) is -3.91. The van der Waals surface area contributed by atoms with E-state index in [1.54, 1.807) is 6.92 Å². The van der Waals surface area contributed by atoms with Gasteiger partial charge in [-0.3, -0.25) is 19.7 Å². The number of rotatable bonds is 12. The van der Waals surface area contributed by atoms with Crippen LogP contribution in [0.5, 0.6) is 5.75 Å². The fourth-order valence-electron chi connectivity index (χ4n) is 2.58. The van der Waals surface area contributed by atoms with Crippen LogP contribution in [0.4, 0.5) is 5.69 Å². The summed E-state index contributed by atoms with van der Waals surface area (Å²) in [4.78, 5) is 34.1. The maximum atomic E-state index is 12.3. The van der Waals surface area contributed by atoms with Gasteiger partial charge in [-0.25, -0.2) is 13.1 Å². The van der Waals surface area contributed by atoms with E-state index in [9.17, 15) is 28.1 Å². The first kappa shape index (κ1) is 27.3. The first-order valence-corrected chi connectivity index (χ1v) is 12.1. The van der Waals surface area contributed by atoms with Crippen LogP contribution in [0.3, 0.4) is 0 Å². The Labute approximate surface area is 206 Å². The van der Waals surface area contributed by atoms with Crippen molar-refractivity contribution in [1.82, 2.24) is 10.0 Å². The molecule has 2 aromatic rings. The lowest BCUT2D eigenvalue weighted by Gasteiger charge is -2.12. The summed E-state index contributed by atoms with van der Waals surface area (Å²) < 4.78 is 32.0. The van der Waals surface area contributed by atoms with Crippen LogP contribution in [0.2, 0.25) is 10.0 Å². The van der Waals surface area contributed by atoms with Gasteiger partial charge in [0.15, 0.2) is 12.4 Å². The molecule has 0 unspecified atom stereocenters. The van der Waals surface area contributed by atoms with Gasteiger partial charge in [-0.15, -0.1) is 0 Å². The van der Waals surface area contributed by atoms with Gasteiger partial charge in [0.25, 0.3) is 11.6 Å². The fraction of sp³-hybridized carbons (Fsp3) is 0.238. The molecule has 0 aromatic heterocycles.